The Morgan fingerprint density at radius 3 is 2.46 bits per heavy atom. The fourth-order valence-corrected chi connectivity index (χ4v) is 4.05. The summed E-state index contributed by atoms with van der Waals surface area (Å²) in [7, 11) is -3.47. The van der Waals surface area contributed by atoms with Crippen LogP contribution < -0.4 is 10.0 Å². The maximum atomic E-state index is 12.3. The molecule has 1 aromatic carbocycles. The first kappa shape index (κ1) is 18.9. The van der Waals surface area contributed by atoms with E-state index in [-0.39, 0.29) is 18.0 Å². The Morgan fingerprint density at radius 2 is 1.88 bits per heavy atom. The summed E-state index contributed by atoms with van der Waals surface area (Å²) in [5.41, 5.74) is 0. The Balaban J connectivity index is 1.80. The van der Waals surface area contributed by atoms with Gasteiger partial charge >= 0.3 is 0 Å². The normalized spacial score (nSPS) is 18.2. The van der Waals surface area contributed by atoms with Crippen LogP contribution in [-0.2, 0) is 14.8 Å². The number of hydrogen-bond acceptors (Lipinski definition) is 4. The number of hydrogen-bond donors (Lipinski definition) is 2. The largest absolute Gasteiger partial charge is 0.353 e. The summed E-state index contributed by atoms with van der Waals surface area (Å²) in [6.07, 6.45) is 2.33. The van der Waals surface area contributed by atoms with Gasteiger partial charge in [-0.3, -0.25) is 9.69 Å². The Bertz CT molecular complexity index is 626. The third-order valence-electron chi connectivity index (χ3n) is 4.35. The van der Waals surface area contributed by atoms with Crippen LogP contribution in [0.4, 0.5) is 0 Å². The van der Waals surface area contributed by atoms with Crippen LogP contribution in [0.1, 0.15) is 33.1 Å². The van der Waals surface area contributed by atoms with Gasteiger partial charge in [0.25, 0.3) is 0 Å². The van der Waals surface area contributed by atoms with Gasteiger partial charge in [-0.2, -0.15) is 0 Å². The molecule has 1 unspecified atom stereocenters. The molecule has 2 N–H and O–H groups in total. The number of nitrogens with zero attached hydrogens (tertiary/aromatic N) is 1. The van der Waals surface area contributed by atoms with E-state index in [1.807, 2.05) is 13.8 Å². The van der Waals surface area contributed by atoms with Crippen LogP contribution in [-0.4, -0.2) is 50.9 Å². The minimum Gasteiger partial charge on any atom is -0.353 e. The van der Waals surface area contributed by atoms with Crippen LogP contribution >= 0.6 is 0 Å². The van der Waals surface area contributed by atoms with Gasteiger partial charge in [-0.25, -0.2) is 13.1 Å². The molecule has 1 heterocycles. The van der Waals surface area contributed by atoms with Crippen molar-refractivity contribution in [2.75, 3.05) is 19.6 Å². The maximum absolute atomic E-state index is 12.3. The smallest absolute Gasteiger partial charge is 0.240 e. The number of carbonyl (C=O) groups is 1. The zero-order valence-electron chi connectivity index (χ0n) is 14.4. The molecule has 0 aliphatic carbocycles. The van der Waals surface area contributed by atoms with E-state index in [0.717, 1.165) is 19.5 Å². The van der Waals surface area contributed by atoms with E-state index in [0.29, 0.717) is 24.3 Å². The minimum absolute atomic E-state index is 0.0349. The van der Waals surface area contributed by atoms with Crippen LogP contribution in [0.2, 0.25) is 0 Å². The highest BCUT2D eigenvalue weighted by molar-refractivity contribution is 7.89. The molecule has 0 spiro atoms. The van der Waals surface area contributed by atoms with Crippen LogP contribution in [0.15, 0.2) is 35.2 Å². The van der Waals surface area contributed by atoms with E-state index in [2.05, 4.69) is 14.9 Å². The van der Waals surface area contributed by atoms with Gasteiger partial charge in [-0.15, -0.1) is 0 Å². The Labute approximate surface area is 144 Å². The van der Waals surface area contributed by atoms with E-state index in [1.54, 1.807) is 30.3 Å². The molecule has 1 fully saturated rings. The fourth-order valence-electron chi connectivity index (χ4n) is 2.72. The third kappa shape index (κ3) is 5.58. The first-order valence-electron chi connectivity index (χ1n) is 8.50. The molecule has 0 bridgehead atoms. The molecule has 24 heavy (non-hydrogen) atoms. The third-order valence-corrected chi connectivity index (χ3v) is 5.89. The number of benzene rings is 1. The van der Waals surface area contributed by atoms with E-state index >= 15 is 0 Å². The van der Waals surface area contributed by atoms with E-state index < -0.39 is 10.0 Å². The summed E-state index contributed by atoms with van der Waals surface area (Å²) in [6.45, 7) is 5.84. The van der Waals surface area contributed by atoms with Gasteiger partial charge in [0, 0.05) is 25.2 Å². The van der Waals surface area contributed by atoms with Crippen molar-refractivity contribution in [2.24, 2.45) is 0 Å². The second-order valence-electron chi connectivity index (χ2n) is 6.36. The van der Waals surface area contributed by atoms with Gasteiger partial charge in [0.05, 0.1) is 11.4 Å². The molecule has 0 radical (unpaired) electrons. The van der Waals surface area contributed by atoms with Gasteiger partial charge in [-0.1, -0.05) is 25.1 Å². The molecule has 2 rings (SSSR count). The average Bonchev–Trinajstić information content (AvgIpc) is 2.57. The number of amides is 1. The molecule has 1 saturated heterocycles. The van der Waals surface area contributed by atoms with Crippen molar-refractivity contribution in [2.45, 2.75) is 50.1 Å². The van der Waals surface area contributed by atoms with Gasteiger partial charge in [0.2, 0.25) is 15.9 Å². The Morgan fingerprint density at radius 1 is 1.25 bits per heavy atom. The van der Waals surface area contributed by atoms with Crippen molar-refractivity contribution in [3.63, 3.8) is 0 Å². The lowest BCUT2D eigenvalue weighted by Crippen LogP contribution is -2.48. The monoisotopic (exact) mass is 353 g/mol. The first-order valence-corrected chi connectivity index (χ1v) is 9.98. The molecule has 1 amide bonds. The molecule has 6 nitrogen and oxygen atoms in total. The Hall–Kier alpha value is -1.44. The Kier molecular flexibility index (Phi) is 6.77. The van der Waals surface area contributed by atoms with Gasteiger partial charge in [0.1, 0.15) is 0 Å². The van der Waals surface area contributed by atoms with Gasteiger partial charge in [0.15, 0.2) is 0 Å². The lowest BCUT2D eigenvalue weighted by Gasteiger charge is -2.31. The van der Waals surface area contributed by atoms with Crippen LogP contribution in [0.3, 0.4) is 0 Å². The number of piperidine rings is 1. The topological polar surface area (TPSA) is 78.5 Å². The molecule has 1 aliphatic rings. The zero-order valence-corrected chi connectivity index (χ0v) is 15.2. The summed E-state index contributed by atoms with van der Waals surface area (Å²) >= 11 is 0. The highest BCUT2D eigenvalue weighted by atomic mass is 32.2. The number of sulfonamides is 1. The fraction of sp³-hybridized carbons (Fsp3) is 0.588. The molecule has 1 aliphatic heterocycles. The first-order chi connectivity index (χ1) is 11.4. The maximum Gasteiger partial charge on any atom is 0.240 e. The second kappa shape index (κ2) is 8.60. The van der Waals surface area contributed by atoms with Gasteiger partial charge < -0.3 is 5.32 Å². The van der Waals surface area contributed by atoms with Crippen LogP contribution in [0.5, 0.6) is 0 Å². The summed E-state index contributed by atoms with van der Waals surface area (Å²) < 4.78 is 27.4. The van der Waals surface area contributed by atoms with Crippen molar-refractivity contribution in [3.8, 4) is 0 Å². The van der Waals surface area contributed by atoms with Crippen molar-refractivity contribution >= 4 is 15.9 Å². The van der Waals surface area contributed by atoms with E-state index in [1.165, 1.54) is 0 Å². The molecule has 0 saturated carbocycles. The second-order valence-corrected chi connectivity index (χ2v) is 8.08. The van der Waals surface area contributed by atoms with Gasteiger partial charge in [-0.05, 0) is 38.3 Å². The average molecular weight is 353 g/mol. The molecule has 134 valence electrons. The highest BCUT2D eigenvalue weighted by Gasteiger charge is 2.25. The molecular formula is C17H27N3O3S. The summed E-state index contributed by atoms with van der Waals surface area (Å²) in [4.78, 5) is 14.3. The van der Waals surface area contributed by atoms with Crippen molar-refractivity contribution in [3.05, 3.63) is 30.3 Å². The lowest BCUT2D eigenvalue weighted by molar-refractivity contribution is -0.123. The molecule has 1 aromatic rings. The quantitative estimate of drug-likeness (QED) is 0.775. The summed E-state index contributed by atoms with van der Waals surface area (Å²) in [6, 6.07) is 8.52. The zero-order chi connectivity index (χ0) is 17.6. The van der Waals surface area contributed by atoms with Crippen molar-refractivity contribution < 1.29 is 13.2 Å². The standard InChI is InChI=1S/C17H27N3O3S/c1-3-14(2)18-17(21)13-20-11-9-15(10-12-20)19-24(22,23)16-7-5-4-6-8-16/h4-8,14-15,19H,3,9-13H2,1-2H3,(H,18,21). The predicted molar refractivity (Wildman–Crippen MR) is 94.1 cm³/mol. The van der Waals surface area contributed by atoms with Crippen molar-refractivity contribution in [1.82, 2.24) is 14.9 Å². The number of rotatable bonds is 7. The SMILES string of the molecule is CCC(C)NC(=O)CN1CCC(NS(=O)(=O)c2ccccc2)CC1. The molecular weight excluding hydrogens is 326 g/mol. The van der Waals surface area contributed by atoms with E-state index in [9.17, 15) is 13.2 Å². The molecule has 1 atom stereocenters. The minimum atomic E-state index is -3.47. The van der Waals surface area contributed by atoms with Crippen LogP contribution in [0, 0.1) is 0 Å². The van der Waals surface area contributed by atoms with Crippen LogP contribution in [0.25, 0.3) is 0 Å². The van der Waals surface area contributed by atoms with Crippen molar-refractivity contribution in [1.29, 1.82) is 0 Å². The lowest BCUT2D eigenvalue weighted by atomic mass is 10.1. The number of carbonyl (C=O) groups excluding carboxylic acids is 1. The number of likely N-dealkylation sites (tertiary alicyclic amines) is 1. The summed E-state index contributed by atoms with van der Waals surface area (Å²) in [5, 5.41) is 2.96. The number of nitrogens with one attached hydrogen (secondary N) is 2. The highest BCUT2D eigenvalue weighted by Crippen LogP contribution is 2.14. The predicted octanol–water partition coefficient (Wildman–Crippen LogP) is 1.34. The summed E-state index contributed by atoms with van der Waals surface area (Å²) in [5.74, 6) is 0.0349. The van der Waals surface area contributed by atoms with E-state index in [4.69, 9.17) is 0 Å². The molecule has 7 heteroatoms. The molecule has 0 aromatic heterocycles.